The van der Waals surface area contributed by atoms with Gasteiger partial charge in [0.2, 0.25) is 5.91 Å². The van der Waals surface area contributed by atoms with Crippen molar-refractivity contribution in [2.75, 3.05) is 32.8 Å². The molecule has 2 aliphatic heterocycles. The number of hydrogen-bond acceptors (Lipinski definition) is 4. The van der Waals surface area contributed by atoms with Crippen molar-refractivity contribution in [3.8, 4) is 0 Å². The maximum absolute atomic E-state index is 13.1. The highest BCUT2D eigenvalue weighted by Gasteiger charge is 2.48. The standard InChI is InChI=1S/C15H28N2O3/c1-11(2)15(5-6-16-9-15)13(19)17-7-12(8-18)20-14(3,4)10-17/h11-12,16,18H,5-10H2,1-4H3. The first-order chi connectivity index (χ1) is 9.31. The lowest BCUT2D eigenvalue weighted by Gasteiger charge is -2.46. The molecule has 2 rings (SSSR count). The molecule has 0 saturated carbocycles. The maximum Gasteiger partial charge on any atom is 0.230 e. The van der Waals surface area contributed by atoms with Gasteiger partial charge in [-0.05, 0) is 32.7 Å². The molecule has 20 heavy (non-hydrogen) atoms. The molecular weight excluding hydrogens is 256 g/mol. The Morgan fingerprint density at radius 2 is 2.20 bits per heavy atom. The van der Waals surface area contributed by atoms with Crippen LogP contribution in [0.4, 0.5) is 0 Å². The summed E-state index contributed by atoms with van der Waals surface area (Å²) in [5.41, 5.74) is -0.696. The van der Waals surface area contributed by atoms with Crippen molar-refractivity contribution in [3.63, 3.8) is 0 Å². The average molecular weight is 284 g/mol. The fourth-order valence-electron chi connectivity index (χ4n) is 3.49. The first kappa shape index (κ1) is 15.7. The molecule has 0 spiro atoms. The topological polar surface area (TPSA) is 61.8 Å². The van der Waals surface area contributed by atoms with Crippen LogP contribution in [0.3, 0.4) is 0 Å². The normalized spacial score (nSPS) is 33.7. The van der Waals surface area contributed by atoms with Gasteiger partial charge in [0.05, 0.1) is 23.7 Å². The largest absolute Gasteiger partial charge is 0.394 e. The summed E-state index contributed by atoms with van der Waals surface area (Å²) < 4.78 is 5.80. The quantitative estimate of drug-likeness (QED) is 0.797. The number of nitrogens with one attached hydrogen (secondary N) is 1. The van der Waals surface area contributed by atoms with Gasteiger partial charge in [0.25, 0.3) is 0 Å². The lowest BCUT2D eigenvalue weighted by atomic mass is 9.75. The Labute approximate surface area is 121 Å². The lowest BCUT2D eigenvalue weighted by molar-refractivity contribution is -0.175. The third kappa shape index (κ3) is 2.85. The fourth-order valence-corrected chi connectivity index (χ4v) is 3.49. The average Bonchev–Trinajstić information content (AvgIpc) is 2.86. The molecule has 5 heteroatoms. The number of ether oxygens (including phenoxy) is 1. The second-order valence-corrected chi connectivity index (χ2v) is 7.11. The third-order valence-corrected chi connectivity index (χ3v) is 4.69. The maximum atomic E-state index is 13.1. The molecule has 0 radical (unpaired) electrons. The van der Waals surface area contributed by atoms with Crippen LogP contribution in [0.2, 0.25) is 0 Å². The van der Waals surface area contributed by atoms with E-state index in [1.54, 1.807) is 0 Å². The van der Waals surface area contributed by atoms with Crippen LogP contribution in [0.15, 0.2) is 0 Å². The molecule has 0 aromatic carbocycles. The van der Waals surface area contributed by atoms with Crippen molar-refractivity contribution in [2.24, 2.45) is 11.3 Å². The predicted molar refractivity (Wildman–Crippen MR) is 77.4 cm³/mol. The summed E-state index contributed by atoms with van der Waals surface area (Å²) in [5.74, 6) is 0.524. The van der Waals surface area contributed by atoms with E-state index in [9.17, 15) is 9.90 Å². The van der Waals surface area contributed by atoms with Crippen LogP contribution in [0, 0.1) is 11.3 Å². The van der Waals surface area contributed by atoms with E-state index in [-0.39, 0.29) is 24.0 Å². The zero-order valence-electron chi connectivity index (χ0n) is 13.1. The van der Waals surface area contributed by atoms with Crippen LogP contribution >= 0.6 is 0 Å². The van der Waals surface area contributed by atoms with Gasteiger partial charge in [-0.15, -0.1) is 0 Å². The zero-order valence-corrected chi connectivity index (χ0v) is 13.1. The van der Waals surface area contributed by atoms with E-state index < -0.39 is 5.60 Å². The summed E-state index contributed by atoms with van der Waals surface area (Å²) in [6, 6.07) is 0. The summed E-state index contributed by atoms with van der Waals surface area (Å²) in [4.78, 5) is 15.0. The number of rotatable bonds is 3. The Bertz CT molecular complexity index is 362. The molecule has 2 aliphatic rings. The first-order valence-electron chi connectivity index (χ1n) is 7.59. The van der Waals surface area contributed by atoms with E-state index in [1.165, 1.54) is 0 Å². The number of aliphatic hydroxyl groups is 1. The summed E-state index contributed by atoms with van der Waals surface area (Å²) in [7, 11) is 0. The molecule has 0 aliphatic carbocycles. The number of carbonyl (C=O) groups is 1. The lowest BCUT2D eigenvalue weighted by Crippen LogP contribution is -2.59. The zero-order chi connectivity index (χ0) is 15.0. The monoisotopic (exact) mass is 284 g/mol. The van der Waals surface area contributed by atoms with Gasteiger partial charge < -0.3 is 20.1 Å². The summed E-state index contributed by atoms with van der Waals surface area (Å²) in [5, 5.41) is 12.7. The number of amides is 1. The number of aliphatic hydroxyl groups excluding tert-OH is 1. The van der Waals surface area contributed by atoms with E-state index in [4.69, 9.17) is 4.74 Å². The molecule has 0 aromatic heterocycles. The molecule has 1 amide bonds. The predicted octanol–water partition coefficient (Wildman–Crippen LogP) is 0.620. The van der Waals surface area contributed by atoms with Crippen molar-refractivity contribution in [3.05, 3.63) is 0 Å². The molecule has 2 atom stereocenters. The minimum Gasteiger partial charge on any atom is -0.394 e. The van der Waals surface area contributed by atoms with Gasteiger partial charge in [0.1, 0.15) is 0 Å². The van der Waals surface area contributed by atoms with E-state index >= 15 is 0 Å². The van der Waals surface area contributed by atoms with Crippen LogP contribution < -0.4 is 5.32 Å². The molecule has 0 aromatic rings. The molecule has 5 nitrogen and oxygen atoms in total. The van der Waals surface area contributed by atoms with E-state index in [2.05, 4.69) is 19.2 Å². The third-order valence-electron chi connectivity index (χ3n) is 4.69. The van der Waals surface area contributed by atoms with E-state index in [1.807, 2.05) is 18.7 Å². The van der Waals surface area contributed by atoms with Crippen LogP contribution in [0.5, 0.6) is 0 Å². The molecule has 2 heterocycles. The number of nitrogens with zero attached hydrogens (tertiary/aromatic N) is 1. The second kappa shape index (κ2) is 5.62. The second-order valence-electron chi connectivity index (χ2n) is 7.11. The fraction of sp³-hybridized carbons (Fsp3) is 0.933. The minimum absolute atomic E-state index is 0.0415. The number of carbonyl (C=O) groups excluding carboxylic acids is 1. The van der Waals surface area contributed by atoms with Gasteiger partial charge in [0.15, 0.2) is 0 Å². The summed E-state index contributed by atoms with van der Waals surface area (Å²) in [6.45, 7) is 10.9. The van der Waals surface area contributed by atoms with Crippen molar-refractivity contribution < 1.29 is 14.6 Å². The highest BCUT2D eigenvalue weighted by Crippen LogP contribution is 2.37. The van der Waals surface area contributed by atoms with Gasteiger partial charge in [-0.2, -0.15) is 0 Å². The molecule has 2 N–H and O–H groups in total. The summed E-state index contributed by atoms with van der Waals surface area (Å²) >= 11 is 0. The molecular formula is C15H28N2O3. The molecule has 0 bridgehead atoms. The Kier molecular flexibility index (Phi) is 4.42. The van der Waals surface area contributed by atoms with Crippen LogP contribution in [-0.4, -0.2) is 60.4 Å². The highest BCUT2D eigenvalue weighted by molar-refractivity contribution is 5.84. The van der Waals surface area contributed by atoms with E-state index in [0.717, 1.165) is 19.5 Å². The van der Waals surface area contributed by atoms with Crippen molar-refractivity contribution in [2.45, 2.75) is 45.8 Å². The number of hydrogen-bond donors (Lipinski definition) is 2. The summed E-state index contributed by atoms with van der Waals surface area (Å²) in [6.07, 6.45) is 0.617. The van der Waals surface area contributed by atoms with Gasteiger partial charge in [-0.3, -0.25) is 4.79 Å². The Morgan fingerprint density at radius 3 is 2.70 bits per heavy atom. The van der Waals surface area contributed by atoms with Gasteiger partial charge in [0, 0.05) is 19.6 Å². The first-order valence-corrected chi connectivity index (χ1v) is 7.59. The Hall–Kier alpha value is -0.650. The SMILES string of the molecule is CC(C)C1(C(=O)N2CC(CO)OC(C)(C)C2)CCNC1. The van der Waals surface area contributed by atoms with Crippen molar-refractivity contribution in [1.82, 2.24) is 10.2 Å². The van der Waals surface area contributed by atoms with E-state index in [0.29, 0.717) is 19.0 Å². The molecule has 2 fully saturated rings. The Morgan fingerprint density at radius 1 is 1.50 bits per heavy atom. The molecule has 2 unspecified atom stereocenters. The van der Waals surface area contributed by atoms with Gasteiger partial charge >= 0.3 is 0 Å². The minimum atomic E-state index is -0.397. The van der Waals surface area contributed by atoms with Crippen LogP contribution in [0.25, 0.3) is 0 Å². The van der Waals surface area contributed by atoms with Crippen LogP contribution in [0.1, 0.15) is 34.1 Å². The smallest absolute Gasteiger partial charge is 0.230 e. The van der Waals surface area contributed by atoms with Crippen molar-refractivity contribution in [1.29, 1.82) is 0 Å². The van der Waals surface area contributed by atoms with Crippen LogP contribution in [-0.2, 0) is 9.53 Å². The van der Waals surface area contributed by atoms with Gasteiger partial charge in [-0.1, -0.05) is 13.8 Å². The Balaban J connectivity index is 2.18. The molecule has 116 valence electrons. The number of morpholine rings is 1. The highest BCUT2D eigenvalue weighted by atomic mass is 16.5. The van der Waals surface area contributed by atoms with Crippen molar-refractivity contribution >= 4 is 5.91 Å². The van der Waals surface area contributed by atoms with Gasteiger partial charge in [-0.25, -0.2) is 0 Å². The molecule has 2 saturated heterocycles.